The second kappa shape index (κ2) is 28.6. The number of nitrogens with zero attached hydrogens (tertiary/aromatic N) is 3. The van der Waals surface area contributed by atoms with Gasteiger partial charge in [0.15, 0.2) is 5.72 Å². The molecule has 0 aromatic heterocycles. The summed E-state index contributed by atoms with van der Waals surface area (Å²) in [6, 6.07) is 6.38. The number of fused-ring (bicyclic) bond motifs is 5. The summed E-state index contributed by atoms with van der Waals surface area (Å²) in [4.78, 5) is 109. The van der Waals surface area contributed by atoms with Crippen LogP contribution >= 0.6 is 11.6 Å². The number of primary amides is 1. The van der Waals surface area contributed by atoms with Gasteiger partial charge in [0, 0.05) is 65.8 Å². The predicted octanol–water partition coefficient (Wildman–Crippen LogP) is 4.42. The molecule has 3 heterocycles. The molecule has 2 aromatic carbocycles. The van der Waals surface area contributed by atoms with Gasteiger partial charge in [-0.25, -0.2) is 19.2 Å². The summed E-state index contributed by atoms with van der Waals surface area (Å²) >= 11 is 6.82. The first-order valence-electron chi connectivity index (χ1n) is 26.8. The van der Waals surface area contributed by atoms with Gasteiger partial charge in [0.25, 0.3) is 0 Å². The molecule has 0 radical (unpaired) electrons. The Morgan fingerprint density at radius 1 is 1.04 bits per heavy atom. The van der Waals surface area contributed by atoms with E-state index in [1.54, 1.807) is 83.3 Å². The first kappa shape index (κ1) is 64.8. The number of ether oxygens (including phenoxy) is 6. The van der Waals surface area contributed by atoms with Crippen molar-refractivity contribution < 1.29 is 71.9 Å². The number of benzene rings is 2. The number of esters is 1. The molecule has 2 fully saturated rings. The van der Waals surface area contributed by atoms with Gasteiger partial charge in [0.2, 0.25) is 23.6 Å². The number of aliphatic hydroxyl groups is 1. The molecule has 3 aliphatic rings. The summed E-state index contributed by atoms with van der Waals surface area (Å²) in [5.41, 5.74) is 10.9. The van der Waals surface area contributed by atoms with Gasteiger partial charge in [-0.1, -0.05) is 68.3 Å². The van der Waals surface area contributed by atoms with Crippen LogP contribution in [0.4, 0.5) is 25.8 Å². The topological polar surface area (TPSA) is 325 Å². The van der Waals surface area contributed by atoms with Crippen molar-refractivity contribution >= 4 is 70.8 Å². The van der Waals surface area contributed by atoms with E-state index in [0.29, 0.717) is 35.5 Å². The number of epoxide rings is 1. The van der Waals surface area contributed by atoms with Crippen molar-refractivity contribution in [2.45, 2.75) is 147 Å². The standard InChI is InChI=1S/C56H80ClN9O15/c1-31(2)47(58)50(70)62-38(16-13-23-60-52(59)72)49(69)61-37-21-19-35(20-22-37)30-78-54(74)64(7)24-14-18-44(67)65(8)34(5)51(71)80-43-28-45(68)66(9)39-26-36(27-40(76-10)46(39)57)25-32(3)15-12-17-42(77-11)56(75)29-41(79-53(73)63-56)33(4)48-55(43,6)81-48/h12,15,17,19-22,26-27,31,33-34,38,41-43,47-48,75H,13-14,16,18,23-25,28-30,58H2,1-11H3,(H,61,69)(H,62,70)(H,63,73)(H3,59,60,72)/b17-12+,32-15+/t33-,34+,38+,41+,42-,43+,47?,48?,55+,56+/m1/s1. The second-order valence-electron chi connectivity index (χ2n) is 21.4. The molecule has 0 spiro atoms. The van der Waals surface area contributed by atoms with Crippen LogP contribution < -0.4 is 42.4 Å². The largest absolute Gasteiger partial charge is 0.495 e. The summed E-state index contributed by atoms with van der Waals surface area (Å²) in [6.45, 7) is 10.6. The molecule has 10 atom stereocenters. The number of nitrogens with two attached hydrogens (primary N) is 2. The van der Waals surface area contributed by atoms with Crippen LogP contribution in [0.15, 0.2) is 60.2 Å². The van der Waals surface area contributed by atoms with Gasteiger partial charge in [0.1, 0.15) is 53.4 Å². The second-order valence-corrected chi connectivity index (χ2v) is 21.8. The third-order valence-corrected chi connectivity index (χ3v) is 15.3. The zero-order valence-corrected chi connectivity index (χ0v) is 48.8. The minimum atomic E-state index is -1.89. The summed E-state index contributed by atoms with van der Waals surface area (Å²) in [5.74, 6) is -3.22. The number of halogens is 1. The van der Waals surface area contributed by atoms with E-state index >= 15 is 0 Å². The van der Waals surface area contributed by atoms with Crippen molar-refractivity contribution in [3.63, 3.8) is 0 Å². The van der Waals surface area contributed by atoms with Crippen molar-refractivity contribution in [3.05, 3.63) is 76.3 Å². The normalized spacial score (nSPS) is 25.0. The Morgan fingerprint density at radius 2 is 1.73 bits per heavy atom. The maximum Gasteiger partial charge on any atom is 0.409 e. The van der Waals surface area contributed by atoms with Gasteiger partial charge in [-0.15, -0.1) is 0 Å². The summed E-state index contributed by atoms with van der Waals surface area (Å²) in [6.07, 6.45) is 0.301. The van der Waals surface area contributed by atoms with Crippen LogP contribution in [0.2, 0.25) is 5.02 Å². The van der Waals surface area contributed by atoms with Crippen molar-refractivity contribution in [1.82, 2.24) is 25.8 Å². The first-order valence-corrected chi connectivity index (χ1v) is 27.2. The molecule has 2 saturated heterocycles. The van der Waals surface area contributed by atoms with E-state index in [9.17, 15) is 43.5 Å². The number of nitrogens with one attached hydrogen (secondary N) is 4. The lowest BCUT2D eigenvalue weighted by Gasteiger charge is -2.42. The highest BCUT2D eigenvalue weighted by Gasteiger charge is 2.64. The van der Waals surface area contributed by atoms with Crippen LogP contribution in [-0.2, 0) is 60.7 Å². The van der Waals surface area contributed by atoms with E-state index in [0.717, 1.165) is 11.1 Å². The molecule has 3 aliphatic heterocycles. The molecule has 24 nitrogen and oxygen atoms in total. The summed E-state index contributed by atoms with van der Waals surface area (Å²) in [7, 11) is 7.36. The number of carbonyl (C=O) groups is 8. The lowest BCUT2D eigenvalue weighted by molar-refractivity contribution is -0.162. The van der Waals surface area contributed by atoms with Crippen molar-refractivity contribution in [1.29, 1.82) is 0 Å². The fraction of sp³-hybridized carbons (Fsp3) is 0.571. The van der Waals surface area contributed by atoms with Gasteiger partial charge >= 0.3 is 24.2 Å². The van der Waals surface area contributed by atoms with Crippen LogP contribution in [-0.4, -0.2) is 165 Å². The van der Waals surface area contributed by atoms with E-state index in [4.69, 9.17) is 51.5 Å². The number of hydrogen-bond donors (Lipinski definition) is 7. The molecule has 446 valence electrons. The molecule has 2 aromatic rings. The Labute approximate surface area is 477 Å². The molecule has 5 rings (SSSR count). The molecule has 8 amide bonds. The molecular formula is C56H80ClN9O15. The van der Waals surface area contributed by atoms with E-state index in [1.165, 1.54) is 49.9 Å². The molecule has 81 heavy (non-hydrogen) atoms. The number of anilines is 2. The van der Waals surface area contributed by atoms with Gasteiger partial charge in [-0.05, 0) is 87.8 Å². The van der Waals surface area contributed by atoms with Gasteiger partial charge in [0.05, 0.1) is 31.4 Å². The number of allylic oxidation sites excluding steroid dienone is 3. The number of carbonyl (C=O) groups excluding carboxylic acids is 8. The zero-order valence-electron chi connectivity index (χ0n) is 48.0. The minimum absolute atomic E-state index is 0.0645. The first-order chi connectivity index (χ1) is 38.1. The molecule has 0 saturated carbocycles. The SMILES string of the molecule is COc1cc2cc(c1Cl)N(C)C(=O)C[C@H](OC(=O)[C@H](C)N(C)C(=O)CCCN(C)C(=O)OCc1ccc(NC(=O)[C@H](CCCNC(N)=O)NC(=O)C(N)C(C)C)cc1)[C@]1(C)OC1[C@H](C)[C@@H]1C[C@@](O)(NC(=O)O1)[C@H](OC)/C=C/C=C(\C)C2. The Balaban J connectivity index is 1.20. The number of amides is 8. The molecule has 9 N–H and O–H groups in total. The van der Waals surface area contributed by atoms with Crippen LogP contribution in [0.1, 0.15) is 91.2 Å². The summed E-state index contributed by atoms with van der Waals surface area (Å²) < 4.78 is 34.9. The molecular weight excluding hydrogens is 1070 g/mol. The number of hydrogen-bond acceptors (Lipinski definition) is 16. The molecule has 4 bridgehead atoms. The number of urea groups is 1. The summed E-state index contributed by atoms with van der Waals surface area (Å²) in [5, 5.41) is 22.5. The van der Waals surface area contributed by atoms with E-state index in [2.05, 4.69) is 21.3 Å². The third kappa shape index (κ3) is 17.3. The van der Waals surface area contributed by atoms with Crippen LogP contribution in [0.25, 0.3) is 0 Å². The Hall–Kier alpha value is -6.99. The van der Waals surface area contributed by atoms with Gasteiger partial charge in [-0.2, -0.15) is 0 Å². The van der Waals surface area contributed by atoms with Crippen molar-refractivity contribution in [2.24, 2.45) is 23.3 Å². The van der Waals surface area contributed by atoms with E-state index < -0.39 is 114 Å². The number of rotatable bonds is 20. The van der Waals surface area contributed by atoms with Gasteiger partial charge < -0.3 is 75.6 Å². The number of alkyl carbamates (subject to hydrolysis) is 1. The number of likely N-dealkylation sites (N-methyl/N-ethyl adjacent to an activating group) is 1. The lowest BCUT2D eigenvalue weighted by atomic mass is 9.83. The molecule has 0 aliphatic carbocycles. The predicted molar refractivity (Wildman–Crippen MR) is 300 cm³/mol. The van der Waals surface area contributed by atoms with Crippen LogP contribution in [0.5, 0.6) is 5.75 Å². The average Bonchev–Trinajstić information content (AvgIpc) is 4.19. The Morgan fingerprint density at radius 3 is 2.37 bits per heavy atom. The number of methoxy groups -OCH3 is 2. The van der Waals surface area contributed by atoms with E-state index in [1.807, 2.05) is 13.0 Å². The minimum Gasteiger partial charge on any atom is -0.495 e. The van der Waals surface area contributed by atoms with Crippen LogP contribution in [0, 0.1) is 11.8 Å². The smallest absolute Gasteiger partial charge is 0.409 e. The third-order valence-electron chi connectivity index (χ3n) is 14.9. The highest BCUT2D eigenvalue weighted by atomic mass is 35.5. The highest BCUT2D eigenvalue weighted by Crippen LogP contribution is 2.49. The van der Waals surface area contributed by atoms with Crippen molar-refractivity contribution in [2.75, 3.05) is 58.7 Å². The highest BCUT2D eigenvalue weighted by molar-refractivity contribution is 6.35. The fourth-order valence-electron chi connectivity index (χ4n) is 9.48. The quantitative estimate of drug-likeness (QED) is 0.0418. The van der Waals surface area contributed by atoms with Gasteiger partial charge in [-0.3, -0.25) is 24.5 Å². The zero-order chi connectivity index (χ0) is 60.1. The molecule has 2 unspecified atom stereocenters. The van der Waals surface area contributed by atoms with E-state index in [-0.39, 0.29) is 56.3 Å². The monoisotopic (exact) mass is 1150 g/mol. The average molecular weight is 1150 g/mol. The molecule has 25 heteroatoms. The Bertz CT molecular complexity index is 2670. The lowest BCUT2D eigenvalue weighted by Crippen LogP contribution is -2.63. The van der Waals surface area contributed by atoms with Crippen molar-refractivity contribution in [3.8, 4) is 5.75 Å². The Kier molecular flexibility index (Phi) is 22.9. The fourth-order valence-corrected chi connectivity index (χ4v) is 9.79. The maximum absolute atomic E-state index is 14.4. The maximum atomic E-state index is 14.4. The van der Waals surface area contributed by atoms with Crippen LogP contribution in [0.3, 0.4) is 0 Å².